The summed E-state index contributed by atoms with van der Waals surface area (Å²) in [7, 11) is -2.21. The van der Waals surface area contributed by atoms with E-state index in [0.29, 0.717) is 22.7 Å². The molecule has 0 bridgehead atoms. The summed E-state index contributed by atoms with van der Waals surface area (Å²) in [6, 6.07) is 19.2. The zero-order valence-electron chi connectivity index (χ0n) is 19.5. The van der Waals surface area contributed by atoms with Crippen LogP contribution in [0.2, 0.25) is 0 Å². The number of hydrazone groups is 1. The van der Waals surface area contributed by atoms with Crippen molar-refractivity contribution in [2.24, 2.45) is 5.10 Å². The van der Waals surface area contributed by atoms with Crippen LogP contribution in [0, 0.1) is 10.1 Å². The molecule has 0 fully saturated rings. The van der Waals surface area contributed by atoms with Crippen molar-refractivity contribution in [2.45, 2.75) is 6.61 Å². The van der Waals surface area contributed by atoms with Crippen molar-refractivity contribution in [1.82, 2.24) is 5.43 Å². The average Bonchev–Trinajstić information content (AvgIpc) is 2.86. The first kappa shape index (κ1) is 26.2. The van der Waals surface area contributed by atoms with Crippen LogP contribution in [-0.2, 0) is 21.4 Å². The number of sulfonamides is 1. The second-order valence-corrected chi connectivity index (χ2v) is 9.45. The van der Waals surface area contributed by atoms with Crippen molar-refractivity contribution in [3.05, 3.63) is 94.0 Å². The van der Waals surface area contributed by atoms with Gasteiger partial charge in [-0.1, -0.05) is 0 Å². The van der Waals surface area contributed by atoms with E-state index in [1.807, 2.05) is 0 Å². The van der Waals surface area contributed by atoms with E-state index in [-0.39, 0.29) is 12.3 Å². The highest BCUT2D eigenvalue weighted by Crippen LogP contribution is 2.21. The van der Waals surface area contributed by atoms with Gasteiger partial charge in [-0.15, -0.1) is 0 Å². The molecule has 3 aromatic carbocycles. The van der Waals surface area contributed by atoms with Gasteiger partial charge in [0.15, 0.2) is 0 Å². The van der Waals surface area contributed by atoms with Gasteiger partial charge in [0.1, 0.15) is 24.7 Å². The van der Waals surface area contributed by atoms with Crippen molar-refractivity contribution < 1.29 is 27.6 Å². The molecule has 1 amide bonds. The van der Waals surface area contributed by atoms with E-state index in [2.05, 4.69) is 10.5 Å². The molecule has 0 heterocycles. The van der Waals surface area contributed by atoms with Crippen LogP contribution >= 0.6 is 0 Å². The summed E-state index contributed by atoms with van der Waals surface area (Å²) in [6.45, 7) is -0.204. The lowest BCUT2D eigenvalue weighted by atomic mass is 10.2. The van der Waals surface area contributed by atoms with Crippen molar-refractivity contribution in [3.8, 4) is 11.5 Å². The number of carbonyl (C=O) groups is 1. The molecule has 3 rings (SSSR count). The van der Waals surface area contributed by atoms with Gasteiger partial charge in [-0.25, -0.2) is 13.8 Å². The van der Waals surface area contributed by atoms with E-state index in [9.17, 15) is 23.3 Å². The Kier molecular flexibility index (Phi) is 8.57. The zero-order chi connectivity index (χ0) is 26.1. The zero-order valence-corrected chi connectivity index (χ0v) is 20.3. The van der Waals surface area contributed by atoms with E-state index in [1.54, 1.807) is 60.7 Å². The van der Waals surface area contributed by atoms with Crippen LogP contribution in [0.4, 0.5) is 11.4 Å². The summed E-state index contributed by atoms with van der Waals surface area (Å²) >= 11 is 0. The van der Waals surface area contributed by atoms with E-state index in [0.717, 1.165) is 16.1 Å². The number of non-ortho nitro benzene ring substituents is 1. The fraction of sp³-hybridized carbons (Fsp3) is 0.167. The molecule has 0 aromatic heterocycles. The Bertz CT molecular complexity index is 1320. The van der Waals surface area contributed by atoms with Crippen LogP contribution < -0.4 is 19.2 Å². The average molecular weight is 513 g/mol. The molecule has 188 valence electrons. The number of carbonyl (C=O) groups excluding carboxylic acids is 1. The van der Waals surface area contributed by atoms with Crippen molar-refractivity contribution in [1.29, 1.82) is 0 Å². The third-order valence-corrected chi connectivity index (χ3v) is 6.02. The Hall–Kier alpha value is -4.45. The third kappa shape index (κ3) is 7.53. The van der Waals surface area contributed by atoms with Gasteiger partial charge in [-0.2, -0.15) is 5.10 Å². The minimum Gasteiger partial charge on any atom is -0.497 e. The van der Waals surface area contributed by atoms with Crippen LogP contribution in [0.3, 0.4) is 0 Å². The first-order valence-corrected chi connectivity index (χ1v) is 12.4. The van der Waals surface area contributed by atoms with Crippen molar-refractivity contribution >= 4 is 33.5 Å². The van der Waals surface area contributed by atoms with Gasteiger partial charge in [0.05, 0.1) is 30.2 Å². The fourth-order valence-electron chi connectivity index (χ4n) is 3.02. The predicted molar refractivity (Wildman–Crippen MR) is 135 cm³/mol. The molecule has 0 spiro atoms. The number of methoxy groups -OCH3 is 1. The first-order valence-electron chi connectivity index (χ1n) is 10.6. The highest BCUT2D eigenvalue weighted by atomic mass is 32.2. The minimum absolute atomic E-state index is 0.0132. The molecule has 0 aliphatic heterocycles. The van der Waals surface area contributed by atoms with Gasteiger partial charge in [-0.3, -0.25) is 19.2 Å². The summed E-state index contributed by atoms with van der Waals surface area (Å²) in [6.07, 6.45) is 2.43. The number of nitrogens with one attached hydrogen (secondary N) is 1. The molecule has 0 aliphatic carbocycles. The molecular formula is C24H24N4O7S. The molecule has 11 nitrogen and oxygen atoms in total. The number of ether oxygens (including phenoxy) is 2. The molecular weight excluding hydrogens is 488 g/mol. The monoisotopic (exact) mass is 512 g/mol. The molecule has 36 heavy (non-hydrogen) atoms. The quantitative estimate of drug-likeness (QED) is 0.236. The number of amides is 1. The Labute approximate surface area is 208 Å². The van der Waals surface area contributed by atoms with Crippen LogP contribution in [0.5, 0.6) is 11.5 Å². The lowest BCUT2D eigenvalue weighted by Gasteiger charge is -2.21. The standard InChI is InChI=1S/C24H24N4O7S/c1-34-22-13-9-20(10-14-22)27(36(2,32)33)16-24(29)26-25-15-18-5-11-23(12-6-18)35-17-19-3-7-21(8-4-19)28(30)31/h3-15H,16-17H2,1-2H3,(H,26,29)/b25-15-. The molecule has 12 heteroatoms. The Morgan fingerprint density at radius 3 is 2.19 bits per heavy atom. The highest BCUT2D eigenvalue weighted by molar-refractivity contribution is 7.92. The number of hydrogen-bond donors (Lipinski definition) is 1. The Balaban J connectivity index is 1.53. The maximum absolute atomic E-state index is 12.3. The number of anilines is 1. The second-order valence-electron chi connectivity index (χ2n) is 7.54. The molecule has 0 radical (unpaired) electrons. The fourth-order valence-corrected chi connectivity index (χ4v) is 3.88. The third-order valence-electron chi connectivity index (χ3n) is 4.88. The topological polar surface area (TPSA) is 140 Å². The van der Waals surface area contributed by atoms with Crippen LogP contribution in [0.15, 0.2) is 77.9 Å². The minimum atomic E-state index is -3.71. The Morgan fingerprint density at radius 2 is 1.64 bits per heavy atom. The number of rotatable bonds is 11. The van der Waals surface area contributed by atoms with E-state index < -0.39 is 27.4 Å². The van der Waals surface area contributed by atoms with Gasteiger partial charge in [0, 0.05) is 12.1 Å². The number of hydrogen-bond acceptors (Lipinski definition) is 8. The molecule has 0 aliphatic rings. The highest BCUT2D eigenvalue weighted by Gasteiger charge is 2.20. The number of nitro benzene ring substituents is 1. The van der Waals surface area contributed by atoms with Crippen LogP contribution in [-0.4, -0.2) is 45.4 Å². The SMILES string of the molecule is COc1ccc(N(CC(=O)N/N=C\c2ccc(OCc3ccc([N+](=O)[O-])cc3)cc2)S(C)(=O)=O)cc1. The maximum atomic E-state index is 12.3. The largest absolute Gasteiger partial charge is 0.497 e. The summed E-state index contributed by atoms with van der Waals surface area (Å²) in [5.41, 5.74) is 4.11. The van der Waals surface area contributed by atoms with Gasteiger partial charge in [0.25, 0.3) is 11.6 Å². The van der Waals surface area contributed by atoms with E-state index in [4.69, 9.17) is 9.47 Å². The van der Waals surface area contributed by atoms with Gasteiger partial charge in [-0.05, 0) is 71.8 Å². The lowest BCUT2D eigenvalue weighted by Crippen LogP contribution is -2.39. The summed E-state index contributed by atoms with van der Waals surface area (Å²) in [5.74, 6) is 0.525. The summed E-state index contributed by atoms with van der Waals surface area (Å²) < 4.78 is 36.0. The van der Waals surface area contributed by atoms with Gasteiger partial charge < -0.3 is 9.47 Å². The van der Waals surface area contributed by atoms with Gasteiger partial charge >= 0.3 is 0 Å². The van der Waals surface area contributed by atoms with E-state index >= 15 is 0 Å². The van der Waals surface area contributed by atoms with E-state index in [1.165, 1.54) is 25.5 Å². The summed E-state index contributed by atoms with van der Waals surface area (Å²) in [4.78, 5) is 22.6. The van der Waals surface area contributed by atoms with Crippen LogP contribution in [0.25, 0.3) is 0 Å². The van der Waals surface area contributed by atoms with Crippen molar-refractivity contribution in [3.63, 3.8) is 0 Å². The maximum Gasteiger partial charge on any atom is 0.269 e. The smallest absolute Gasteiger partial charge is 0.269 e. The Morgan fingerprint density at radius 1 is 1.03 bits per heavy atom. The molecule has 0 saturated heterocycles. The van der Waals surface area contributed by atoms with Gasteiger partial charge in [0.2, 0.25) is 10.0 Å². The molecule has 0 atom stereocenters. The second kappa shape index (κ2) is 11.8. The number of nitro groups is 1. The first-order chi connectivity index (χ1) is 17.2. The lowest BCUT2D eigenvalue weighted by molar-refractivity contribution is -0.384. The van der Waals surface area contributed by atoms with Crippen molar-refractivity contribution in [2.75, 3.05) is 24.2 Å². The predicted octanol–water partition coefficient (Wildman–Crippen LogP) is 3.10. The summed E-state index contributed by atoms with van der Waals surface area (Å²) in [5, 5.41) is 14.6. The van der Waals surface area contributed by atoms with Crippen LogP contribution in [0.1, 0.15) is 11.1 Å². The normalized spacial score (nSPS) is 11.2. The molecule has 0 saturated carbocycles. The number of nitrogens with zero attached hydrogens (tertiary/aromatic N) is 3. The molecule has 0 unspecified atom stereocenters. The molecule has 1 N–H and O–H groups in total. The molecule has 3 aromatic rings. The number of benzene rings is 3.